The first kappa shape index (κ1) is 22.7. The molecule has 3 aromatic rings. The van der Waals surface area contributed by atoms with E-state index in [2.05, 4.69) is 24.4 Å². The quantitative estimate of drug-likeness (QED) is 0.616. The zero-order chi connectivity index (χ0) is 22.3. The van der Waals surface area contributed by atoms with Gasteiger partial charge in [0.2, 0.25) is 0 Å². The summed E-state index contributed by atoms with van der Waals surface area (Å²) < 4.78 is 46.6. The highest BCUT2D eigenvalue weighted by molar-refractivity contribution is 7.13. The first-order chi connectivity index (χ1) is 14.2. The Morgan fingerprint density at radius 3 is 2.33 bits per heavy atom. The lowest BCUT2D eigenvalue weighted by Crippen LogP contribution is -2.09. The van der Waals surface area contributed by atoms with E-state index >= 15 is 0 Å². The van der Waals surface area contributed by atoms with Gasteiger partial charge in [-0.3, -0.25) is 4.98 Å². The van der Waals surface area contributed by atoms with Crippen molar-refractivity contribution in [2.24, 2.45) is 0 Å². The Hall–Kier alpha value is -3.54. The van der Waals surface area contributed by atoms with E-state index < -0.39 is 17.8 Å². The number of hydrogen-bond donors (Lipinski definition) is 1. The zero-order valence-corrected chi connectivity index (χ0v) is 16.5. The molecule has 158 valence electrons. The fraction of sp³-hybridized carbons (Fsp3) is 0.167. The van der Waals surface area contributed by atoms with E-state index in [9.17, 15) is 22.8 Å². The third-order valence-electron chi connectivity index (χ3n) is 3.48. The lowest BCUT2D eigenvalue weighted by molar-refractivity contribution is -0.140. The van der Waals surface area contributed by atoms with E-state index in [-0.39, 0.29) is 27.9 Å². The fourth-order valence-corrected chi connectivity index (χ4v) is 2.96. The molecule has 0 saturated carbocycles. The van der Waals surface area contributed by atoms with Crippen LogP contribution in [0.3, 0.4) is 0 Å². The zero-order valence-electron chi connectivity index (χ0n) is 15.6. The summed E-state index contributed by atoms with van der Waals surface area (Å²) in [7, 11) is 2.48. The van der Waals surface area contributed by atoms with Crippen molar-refractivity contribution in [1.82, 2.24) is 15.0 Å². The Kier molecular flexibility index (Phi) is 7.42. The predicted molar refractivity (Wildman–Crippen MR) is 102 cm³/mol. The van der Waals surface area contributed by atoms with E-state index in [0.717, 1.165) is 23.8 Å². The molecular formula is C18H15F3N4O4S. The van der Waals surface area contributed by atoms with Crippen LogP contribution in [-0.2, 0) is 15.7 Å². The van der Waals surface area contributed by atoms with Crippen LogP contribution < -0.4 is 5.73 Å². The van der Waals surface area contributed by atoms with Gasteiger partial charge in [0.25, 0.3) is 0 Å². The van der Waals surface area contributed by atoms with Gasteiger partial charge in [0.15, 0.2) is 5.69 Å². The molecular weight excluding hydrogens is 425 g/mol. The van der Waals surface area contributed by atoms with Gasteiger partial charge >= 0.3 is 18.1 Å². The van der Waals surface area contributed by atoms with Crippen molar-refractivity contribution >= 4 is 29.1 Å². The summed E-state index contributed by atoms with van der Waals surface area (Å²) >= 11 is 0.758. The Labute approximate surface area is 172 Å². The van der Waals surface area contributed by atoms with Crippen molar-refractivity contribution in [3.05, 3.63) is 59.0 Å². The lowest BCUT2D eigenvalue weighted by Gasteiger charge is -2.07. The molecule has 0 spiro atoms. The van der Waals surface area contributed by atoms with Crippen LogP contribution in [0.15, 0.2) is 42.2 Å². The molecule has 12 heteroatoms. The molecule has 0 unspecified atom stereocenters. The number of aromatic nitrogens is 3. The van der Waals surface area contributed by atoms with Gasteiger partial charge < -0.3 is 15.2 Å². The van der Waals surface area contributed by atoms with Crippen molar-refractivity contribution in [3.63, 3.8) is 0 Å². The number of esters is 2. The maximum absolute atomic E-state index is 12.5. The second kappa shape index (κ2) is 9.78. The number of thiazole rings is 1. The van der Waals surface area contributed by atoms with Crippen LogP contribution >= 0.6 is 11.3 Å². The van der Waals surface area contributed by atoms with E-state index in [0.29, 0.717) is 5.56 Å². The molecule has 0 aromatic carbocycles. The van der Waals surface area contributed by atoms with Crippen LogP contribution in [-0.4, -0.2) is 41.1 Å². The topological polar surface area (TPSA) is 117 Å². The summed E-state index contributed by atoms with van der Waals surface area (Å²) in [4.78, 5) is 33.3. The number of pyridine rings is 2. The van der Waals surface area contributed by atoms with Gasteiger partial charge in [-0.25, -0.2) is 19.6 Å². The van der Waals surface area contributed by atoms with Gasteiger partial charge in [0.1, 0.15) is 16.4 Å². The van der Waals surface area contributed by atoms with Crippen LogP contribution in [0.2, 0.25) is 0 Å². The molecule has 8 nitrogen and oxygen atoms in total. The Morgan fingerprint density at radius 1 is 1.10 bits per heavy atom. The van der Waals surface area contributed by atoms with Crippen molar-refractivity contribution < 1.29 is 32.2 Å². The SMILES string of the molecule is COC(=O)c1c(-c2nc(C(F)(F)F)cs2)ccnc1N.COC(=O)c1cccnc1. The minimum absolute atomic E-state index is 0.0202. The predicted octanol–water partition coefficient (Wildman–Crippen LogP) is 3.46. The number of nitrogen functional groups attached to an aromatic ring is 1. The molecule has 3 aromatic heterocycles. The third kappa shape index (κ3) is 5.50. The van der Waals surface area contributed by atoms with Crippen LogP contribution in [0.4, 0.5) is 19.0 Å². The smallest absolute Gasteiger partial charge is 0.434 e. The second-order valence-electron chi connectivity index (χ2n) is 5.38. The number of rotatable bonds is 3. The summed E-state index contributed by atoms with van der Waals surface area (Å²) in [5.41, 5.74) is 5.08. The van der Waals surface area contributed by atoms with Gasteiger partial charge in [-0.2, -0.15) is 13.2 Å². The molecule has 3 rings (SSSR count). The number of methoxy groups -OCH3 is 2. The molecule has 0 amide bonds. The van der Waals surface area contributed by atoms with Crippen molar-refractivity contribution in [2.75, 3.05) is 20.0 Å². The highest BCUT2D eigenvalue weighted by atomic mass is 32.1. The number of nitrogens with zero attached hydrogens (tertiary/aromatic N) is 3. The lowest BCUT2D eigenvalue weighted by atomic mass is 10.1. The highest BCUT2D eigenvalue weighted by Crippen LogP contribution is 2.35. The molecule has 0 atom stereocenters. The highest BCUT2D eigenvalue weighted by Gasteiger charge is 2.34. The maximum Gasteiger partial charge on any atom is 0.434 e. The molecule has 0 aliphatic carbocycles. The number of hydrogen-bond acceptors (Lipinski definition) is 9. The number of ether oxygens (including phenoxy) is 2. The van der Waals surface area contributed by atoms with E-state index in [1.165, 1.54) is 25.6 Å². The molecule has 0 bridgehead atoms. The average Bonchev–Trinajstić information content (AvgIpc) is 3.24. The van der Waals surface area contributed by atoms with Crippen LogP contribution in [0, 0.1) is 0 Å². The normalized spacial score (nSPS) is 10.6. The number of alkyl halides is 3. The molecule has 30 heavy (non-hydrogen) atoms. The number of anilines is 1. The number of nitrogens with two attached hydrogens (primary N) is 1. The Balaban J connectivity index is 0.000000269. The molecule has 0 radical (unpaired) electrons. The minimum atomic E-state index is -4.54. The molecule has 0 saturated heterocycles. The molecule has 0 fully saturated rings. The fourth-order valence-electron chi connectivity index (χ4n) is 2.10. The number of halogens is 3. The third-order valence-corrected chi connectivity index (χ3v) is 4.35. The van der Waals surface area contributed by atoms with Crippen molar-refractivity contribution in [2.45, 2.75) is 6.18 Å². The first-order valence-corrected chi connectivity index (χ1v) is 8.91. The monoisotopic (exact) mass is 440 g/mol. The summed E-state index contributed by atoms with van der Waals surface area (Å²) in [6, 6.07) is 4.70. The van der Waals surface area contributed by atoms with Gasteiger partial charge in [-0.05, 0) is 18.2 Å². The standard InChI is InChI=1S/C11H8F3N3O2S.C7H7NO2/c1-19-10(18)7-5(2-3-16-8(7)15)9-17-6(4-20-9)11(12,13)14;1-10-7(9)6-3-2-4-8-5-6/h2-4H,1H3,(H2,15,16);2-5H,1H3. The largest absolute Gasteiger partial charge is 0.465 e. The van der Waals surface area contributed by atoms with Crippen molar-refractivity contribution in [1.29, 1.82) is 0 Å². The van der Waals surface area contributed by atoms with Crippen LogP contribution in [0.5, 0.6) is 0 Å². The maximum atomic E-state index is 12.5. The number of carbonyl (C=O) groups is 2. The van der Waals surface area contributed by atoms with Gasteiger partial charge in [0.05, 0.1) is 19.8 Å². The summed E-state index contributed by atoms with van der Waals surface area (Å²) in [6.45, 7) is 0. The van der Waals surface area contributed by atoms with Gasteiger partial charge in [-0.1, -0.05) is 0 Å². The average molecular weight is 440 g/mol. The van der Waals surface area contributed by atoms with E-state index in [1.807, 2.05) is 0 Å². The molecule has 3 heterocycles. The summed E-state index contributed by atoms with van der Waals surface area (Å²) in [5.74, 6) is -1.26. The second-order valence-corrected chi connectivity index (χ2v) is 6.24. The minimum Gasteiger partial charge on any atom is -0.465 e. The molecule has 0 aliphatic heterocycles. The van der Waals surface area contributed by atoms with E-state index in [1.54, 1.807) is 18.3 Å². The van der Waals surface area contributed by atoms with Crippen LogP contribution in [0.25, 0.3) is 10.6 Å². The Bertz CT molecular complexity index is 1030. The van der Waals surface area contributed by atoms with E-state index in [4.69, 9.17) is 5.73 Å². The first-order valence-electron chi connectivity index (χ1n) is 8.03. The van der Waals surface area contributed by atoms with Crippen molar-refractivity contribution in [3.8, 4) is 10.6 Å². The molecule has 0 aliphatic rings. The summed E-state index contributed by atoms with van der Waals surface area (Å²) in [5, 5.41) is 0.888. The summed E-state index contributed by atoms with van der Waals surface area (Å²) in [6.07, 6.45) is -0.192. The molecule has 2 N–H and O–H groups in total. The van der Waals surface area contributed by atoms with Crippen LogP contribution in [0.1, 0.15) is 26.4 Å². The van der Waals surface area contributed by atoms with Gasteiger partial charge in [-0.15, -0.1) is 11.3 Å². The number of carbonyl (C=O) groups excluding carboxylic acids is 2. The van der Waals surface area contributed by atoms with Gasteiger partial charge in [0, 0.05) is 29.5 Å². The Morgan fingerprint density at radius 2 is 1.80 bits per heavy atom.